The van der Waals surface area contributed by atoms with Crippen molar-refractivity contribution in [2.24, 2.45) is 0 Å². The number of hydrogen-bond donors (Lipinski definition) is 1. The fraction of sp³-hybridized carbons (Fsp3) is 0.200. The molecule has 19 heavy (non-hydrogen) atoms. The highest BCUT2D eigenvalue weighted by Gasteiger charge is 2.12. The molecule has 0 heterocycles. The molecule has 0 aromatic heterocycles. The van der Waals surface area contributed by atoms with E-state index < -0.39 is 12.5 Å². The summed E-state index contributed by atoms with van der Waals surface area (Å²) < 4.78 is 25.8. The minimum Gasteiger partial charge on any atom is -0.388 e. The number of aliphatic hydroxyl groups excluding tert-OH is 1. The summed E-state index contributed by atoms with van der Waals surface area (Å²) in [6, 6.07) is 13.4. The molecule has 0 aliphatic heterocycles. The van der Waals surface area contributed by atoms with Gasteiger partial charge in [-0.05, 0) is 17.2 Å². The largest absolute Gasteiger partial charge is 0.388 e. The van der Waals surface area contributed by atoms with Gasteiger partial charge in [0.05, 0.1) is 6.10 Å². The van der Waals surface area contributed by atoms with Crippen molar-refractivity contribution < 1.29 is 13.9 Å². The number of alkyl halides is 2. The molecule has 0 bridgehead atoms. The van der Waals surface area contributed by atoms with E-state index in [2.05, 4.69) is 15.9 Å². The molecule has 0 spiro atoms. The van der Waals surface area contributed by atoms with Crippen LogP contribution >= 0.6 is 15.9 Å². The topological polar surface area (TPSA) is 20.2 Å². The predicted octanol–water partition coefficient (Wildman–Crippen LogP) is 4.66. The van der Waals surface area contributed by atoms with E-state index in [0.29, 0.717) is 12.0 Å². The number of halogens is 3. The van der Waals surface area contributed by atoms with Crippen molar-refractivity contribution in [1.29, 1.82) is 0 Å². The Morgan fingerprint density at radius 3 is 2.11 bits per heavy atom. The minimum atomic E-state index is -2.48. The smallest absolute Gasteiger partial charge is 0.263 e. The fourth-order valence-corrected chi connectivity index (χ4v) is 2.30. The molecule has 0 aliphatic rings. The first-order valence-electron chi connectivity index (χ1n) is 5.87. The summed E-state index contributed by atoms with van der Waals surface area (Å²) in [6.45, 7) is 0. The van der Waals surface area contributed by atoms with Crippen LogP contribution in [0.2, 0.25) is 0 Å². The van der Waals surface area contributed by atoms with Gasteiger partial charge >= 0.3 is 0 Å². The van der Waals surface area contributed by atoms with Crippen LogP contribution in [0, 0.1) is 0 Å². The quantitative estimate of drug-likeness (QED) is 0.866. The van der Waals surface area contributed by atoms with Gasteiger partial charge in [-0.3, -0.25) is 0 Å². The number of hydrogen-bond acceptors (Lipinski definition) is 1. The molecule has 2 aromatic rings. The maximum atomic E-state index is 12.4. The van der Waals surface area contributed by atoms with Gasteiger partial charge in [-0.25, -0.2) is 8.78 Å². The molecular weight excluding hydrogens is 314 g/mol. The molecule has 0 aliphatic carbocycles. The second kappa shape index (κ2) is 6.26. The summed E-state index contributed by atoms with van der Waals surface area (Å²) in [6.07, 6.45) is -2.74. The summed E-state index contributed by atoms with van der Waals surface area (Å²) in [5, 5.41) is 10.1. The molecule has 0 fully saturated rings. The lowest BCUT2D eigenvalue weighted by Gasteiger charge is -2.13. The Labute approximate surface area is 119 Å². The van der Waals surface area contributed by atoms with Crippen LogP contribution in [0.4, 0.5) is 8.78 Å². The Balaban J connectivity index is 2.12. The number of benzene rings is 2. The molecule has 1 N–H and O–H groups in total. The number of rotatable bonds is 4. The van der Waals surface area contributed by atoms with Crippen LogP contribution in [0.15, 0.2) is 53.0 Å². The average Bonchev–Trinajstić information content (AvgIpc) is 2.41. The van der Waals surface area contributed by atoms with Gasteiger partial charge in [-0.2, -0.15) is 0 Å². The van der Waals surface area contributed by atoms with E-state index in [0.717, 1.165) is 10.0 Å². The molecule has 1 unspecified atom stereocenters. The Kier molecular flexibility index (Phi) is 4.66. The molecule has 4 heteroatoms. The minimum absolute atomic E-state index is 0.0307. The van der Waals surface area contributed by atoms with Crippen LogP contribution in [0.5, 0.6) is 0 Å². The van der Waals surface area contributed by atoms with Gasteiger partial charge < -0.3 is 5.11 Å². The van der Waals surface area contributed by atoms with Gasteiger partial charge in [-0.15, -0.1) is 0 Å². The van der Waals surface area contributed by atoms with E-state index in [1.54, 1.807) is 12.1 Å². The van der Waals surface area contributed by atoms with Gasteiger partial charge in [0.25, 0.3) is 6.43 Å². The van der Waals surface area contributed by atoms with Crippen molar-refractivity contribution >= 4 is 15.9 Å². The van der Waals surface area contributed by atoms with Crippen molar-refractivity contribution in [1.82, 2.24) is 0 Å². The molecule has 0 saturated carbocycles. The van der Waals surface area contributed by atoms with E-state index in [-0.39, 0.29) is 5.56 Å². The zero-order valence-corrected chi connectivity index (χ0v) is 11.6. The fourth-order valence-electron chi connectivity index (χ4n) is 1.85. The van der Waals surface area contributed by atoms with Crippen LogP contribution in [-0.2, 0) is 6.42 Å². The van der Waals surface area contributed by atoms with Gasteiger partial charge in [-0.1, -0.05) is 58.4 Å². The summed E-state index contributed by atoms with van der Waals surface area (Å²) in [4.78, 5) is 0. The van der Waals surface area contributed by atoms with E-state index in [1.807, 2.05) is 24.3 Å². The SMILES string of the molecule is OC(Cc1ccccc1Br)c1ccc(C(F)F)cc1. The van der Waals surface area contributed by atoms with E-state index >= 15 is 0 Å². The highest BCUT2D eigenvalue weighted by atomic mass is 79.9. The van der Waals surface area contributed by atoms with Crippen LogP contribution in [0.1, 0.15) is 29.2 Å². The summed E-state index contributed by atoms with van der Waals surface area (Å²) >= 11 is 3.42. The molecule has 100 valence electrons. The first-order chi connectivity index (χ1) is 9.08. The van der Waals surface area contributed by atoms with Crippen LogP contribution in [0.3, 0.4) is 0 Å². The first kappa shape index (κ1) is 14.2. The second-order valence-corrected chi connectivity index (χ2v) is 5.13. The van der Waals surface area contributed by atoms with Crippen molar-refractivity contribution in [3.05, 3.63) is 69.7 Å². The zero-order chi connectivity index (χ0) is 13.8. The van der Waals surface area contributed by atoms with Crippen molar-refractivity contribution in [3.63, 3.8) is 0 Å². The van der Waals surface area contributed by atoms with Gasteiger partial charge in [0.15, 0.2) is 0 Å². The lowest BCUT2D eigenvalue weighted by molar-refractivity contribution is 0.151. The lowest BCUT2D eigenvalue weighted by Crippen LogP contribution is -2.02. The highest BCUT2D eigenvalue weighted by molar-refractivity contribution is 9.10. The maximum Gasteiger partial charge on any atom is 0.263 e. The lowest BCUT2D eigenvalue weighted by atomic mass is 10.0. The predicted molar refractivity (Wildman–Crippen MR) is 74.2 cm³/mol. The Morgan fingerprint density at radius 1 is 0.947 bits per heavy atom. The van der Waals surface area contributed by atoms with E-state index in [9.17, 15) is 13.9 Å². The molecular formula is C15H13BrF2O. The monoisotopic (exact) mass is 326 g/mol. The third-order valence-corrected chi connectivity index (χ3v) is 3.72. The Bertz CT molecular complexity index is 540. The van der Waals surface area contributed by atoms with E-state index in [4.69, 9.17) is 0 Å². The first-order valence-corrected chi connectivity index (χ1v) is 6.66. The Morgan fingerprint density at radius 2 is 1.53 bits per heavy atom. The van der Waals surface area contributed by atoms with Crippen LogP contribution in [-0.4, -0.2) is 5.11 Å². The molecule has 2 rings (SSSR count). The molecule has 1 nitrogen and oxygen atoms in total. The molecule has 1 atom stereocenters. The molecule has 0 amide bonds. The normalized spacial score (nSPS) is 12.7. The second-order valence-electron chi connectivity index (χ2n) is 4.28. The van der Waals surface area contributed by atoms with Crippen LogP contribution in [0.25, 0.3) is 0 Å². The van der Waals surface area contributed by atoms with Gasteiger partial charge in [0, 0.05) is 16.5 Å². The average molecular weight is 327 g/mol. The third kappa shape index (κ3) is 3.61. The van der Waals surface area contributed by atoms with Gasteiger partial charge in [0.2, 0.25) is 0 Å². The number of aliphatic hydroxyl groups is 1. The van der Waals surface area contributed by atoms with E-state index in [1.165, 1.54) is 12.1 Å². The summed E-state index contributed by atoms with van der Waals surface area (Å²) in [7, 11) is 0. The summed E-state index contributed by atoms with van der Waals surface area (Å²) in [5.41, 5.74) is 1.59. The zero-order valence-electron chi connectivity index (χ0n) is 10.1. The standard InChI is InChI=1S/C15H13BrF2O/c16-13-4-2-1-3-12(13)9-14(19)10-5-7-11(8-6-10)15(17)18/h1-8,14-15,19H,9H2. The third-order valence-electron chi connectivity index (χ3n) is 2.94. The molecule has 0 radical (unpaired) electrons. The maximum absolute atomic E-state index is 12.4. The van der Waals surface area contributed by atoms with Crippen molar-refractivity contribution in [3.8, 4) is 0 Å². The molecule has 2 aromatic carbocycles. The van der Waals surface area contributed by atoms with Crippen molar-refractivity contribution in [2.45, 2.75) is 19.0 Å². The highest BCUT2D eigenvalue weighted by Crippen LogP contribution is 2.25. The van der Waals surface area contributed by atoms with Gasteiger partial charge in [0.1, 0.15) is 0 Å². The summed E-state index contributed by atoms with van der Waals surface area (Å²) in [5.74, 6) is 0. The Hall–Kier alpha value is -1.26. The van der Waals surface area contributed by atoms with Crippen molar-refractivity contribution in [2.75, 3.05) is 0 Å². The molecule has 0 saturated heterocycles. The van der Waals surface area contributed by atoms with Crippen LogP contribution < -0.4 is 0 Å².